The molecule has 15 heavy (non-hydrogen) atoms. The molecule has 2 saturated heterocycles. The van der Waals surface area contributed by atoms with Crippen molar-refractivity contribution in [2.24, 2.45) is 5.73 Å². The van der Waals surface area contributed by atoms with Gasteiger partial charge in [0, 0.05) is 19.8 Å². The summed E-state index contributed by atoms with van der Waals surface area (Å²) in [4.78, 5) is 0. The molecule has 0 aliphatic carbocycles. The van der Waals surface area contributed by atoms with Crippen LogP contribution in [0.1, 0.15) is 25.7 Å². The molecule has 2 aliphatic heterocycles. The topological polar surface area (TPSA) is 53.7 Å². The molecule has 2 unspecified atom stereocenters. The SMILES string of the molecule is NCC1(OCC2CCCO2)CCCOC1. The fourth-order valence-electron chi connectivity index (χ4n) is 2.21. The highest BCUT2D eigenvalue weighted by Crippen LogP contribution is 2.24. The molecule has 2 rings (SSSR count). The molecule has 2 aliphatic rings. The van der Waals surface area contributed by atoms with Crippen molar-refractivity contribution in [2.45, 2.75) is 37.4 Å². The lowest BCUT2D eigenvalue weighted by Gasteiger charge is -2.36. The Hall–Kier alpha value is -0.160. The maximum absolute atomic E-state index is 5.93. The minimum atomic E-state index is -0.246. The number of ether oxygens (including phenoxy) is 3. The third kappa shape index (κ3) is 2.91. The van der Waals surface area contributed by atoms with Crippen LogP contribution in [-0.4, -0.2) is 44.7 Å². The Bertz CT molecular complexity index is 186. The second-order valence-electron chi connectivity index (χ2n) is 4.49. The number of hydrogen-bond donors (Lipinski definition) is 1. The van der Waals surface area contributed by atoms with Crippen LogP contribution < -0.4 is 5.73 Å². The molecular weight excluding hydrogens is 194 g/mol. The van der Waals surface area contributed by atoms with Gasteiger partial charge in [0.15, 0.2) is 0 Å². The number of rotatable bonds is 4. The Labute approximate surface area is 91.1 Å². The lowest BCUT2D eigenvalue weighted by molar-refractivity contribution is -0.141. The van der Waals surface area contributed by atoms with Crippen molar-refractivity contribution in [3.8, 4) is 0 Å². The van der Waals surface area contributed by atoms with Crippen molar-refractivity contribution in [3.63, 3.8) is 0 Å². The molecule has 0 aromatic rings. The molecule has 88 valence electrons. The number of nitrogens with two attached hydrogens (primary N) is 1. The highest BCUT2D eigenvalue weighted by Gasteiger charge is 2.33. The average molecular weight is 215 g/mol. The predicted octanol–water partition coefficient (Wildman–Crippen LogP) is 0.690. The third-order valence-corrected chi connectivity index (χ3v) is 3.26. The number of hydrogen-bond acceptors (Lipinski definition) is 4. The van der Waals surface area contributed by atoms with Gasteiger partial charge in [-0.15, -0.1) is 0 Å². The molecule has 0 radical (unpaired) electrons. The largest absolute Gasteiger partial charge is 0.378 e. The standard InChI is InChI=1S/C11H21NO3/c12-8-11(4-2-5-13-9-11)15-7-10-3-1-6-14-10/h10H,1-9,12H2. The lowest BCUT2D eigenvalue weighted by Crippen LogP contribution is -2.48. The molecule has 0 saturated carbocycles. The van der Waals surface area contributed by atoms with E-state index in [1.165, 1.54) is 0 Å². The third-order valence-electron chi connectivity index (χ3n) is 3.26. The summed E-state index contributed by atoms with van der Waals surface area (Å²) in [5, 5.41) is 0. The van der Waals surface area contributed by atoms with E-state index < -0.39 is 0 Å². The Balaban J connectivity index is 1.78. The predicted molar refractivity (Wildman–Crippen MR) is 56.8 cm³/mol. The van der Waals surface area contributed by atoms with Gasteiger partial charge in [-0.25, -0.2) is 0 Å². The molecule has 4 heteroatoms. The summed E-state index contributed by atoms with van der Waals surface area (Å²) in [6.07, 6.45) is 4.59. The first-order valence-corrected chi connectivity index (χ1v) is 5.88. The van der Waals surface area contributed by atoms with Gasteiger partial charge in [0.1, 0.15) is 5.60 Å². The Morgan fingerprint density at radius 1 is 1.33 bits per heavy atom. The molecule has 2 N–H and O–H groups in total. The van der Waals surface area contributed by atoms with Gasteiger partial charge in [-0.1, -0.05) is 0 Å². The van der Waals surface area contributed by atoms with Gasteiger partial charge in [0.2, 0.25) is 0 Å². The van der Waals surface area contributed by atoms with Gasteiger partial charge in [-0.3, -0.25) is 0 Å². The molecule has 2 atom stereocenters. The molecule has 2 fully saturated rings. The highest BCUT2D eigenvalue weighted by molar-refractivity contribution is 4.85. The maximum Gasteiger partial charge on any atom is 0.104 e. The molecule has 0 spiro atoms. The second kappa shape index (κ2) is 5.25. The zero-order valence-corrected chi connectivity index (χ0v) is 9.24. The van der Waals surface area contributed by atoms with Crippen molar-refractivity contribution in [1.29, 1.82) is 0 Å². The van der Waals surface area contributed by atoms with Crippen LogP contribution in [-0.2, 0) is 14.2 Å². The summed E-state index contributed by atoms with van der Waals surface area (Å²) in [7, 11) is 0. The van der Waals surface area contributed by atoms with Crippen LogP contribution >= 0.6 is 0 Å². The minimum Gasteiger partial charge on any atom is -0.378 e. The monoisotopic (exact) mass is 215 g/mol. The quantitative estimate of drug-likeness (QED) is 0.749. The van der Waals surface area contributed by atoms with Gasteiger partial charge < -0.3 is 19.9 Å². The van der Waals surface area contributed by atoms with E-state index >= 15 is 0 Å². The first-order valence-electron chi connectivity index (χ1n) is 5.88. The van der Waals surface area contributed by atoms with E-state index in [1.54, 1.807) is 0 Å². The van der Waals surface area contributed by atoms with Crippen molar-refractivity contribution in [1.82, 2.24) is 0 Å². The van der Waals surface area contributed by atoms with E-state index in [-0.39, 0.29) is 11.7 Å². The summed E-state index contributed by atoms with van der Waals surface area (Å²) >= 11 is 0. The lowest BCUT2D eigenvalue weighted by atomic mass is 9.96. The summed E-state index contributed by atoms with van der Waals surface area (Å²) in [5.74, 6) is 0. The van der Waals surface area contributed by atoms with Crippen LogP contribution in [0.3, 0.4) is 0 Å². The van der Waals surface area contributed by atoms with Gasteiger partial charge in [0.25, 0.3) is 0 Å². The van der Waals surface area contributed by atoms with Crippen molar-refractivity contribution in [3.05, 3.63) is 0 Å². The van der Waals surface area contributed by atoms with E-state index in [0.29, 0.717) is 19.8 Å². The van der Waals surface area contributed by atoms with Crippen molar-refractivity contribution < 1.29 is 14.2 Å². The van der Waals surface area contributed by atoms with Crippen LogP contribution in [0, 0.1) is 0 Å². The van der Waals surface area contributed by atoms with Crippen molar-refractivity contribution in [2.75, 3.05) is 33.0 Å². The summed E-state index contributed by atoms with van der Waals surface area (Å²) in [5.41, 5.74) is 5.53. The van der Waals surface area contributed by atoms with E-state index in [9.17, 15) is 0 Å². The zero-order valence-electron chi connectivity index (χ0n) is 9.24. The molecule has 2 heterocycles. The van der Waals surface area contributed by atoms with Crippen molar-refractivity contribution >= 4 is 0 Å². The second-order valence-corrected chi connectivity index (χ2v) is 4.49. The van der Waals surface area contributed by atoms with E-state index in [4.69, 9.17) is 19.9 Å². The summed E-state index contributed by atoms with van der Waals surface area (Å²) in [6.45, 7) is 3.56. The zero-order chi connectivity index (χ0) is 10.6. The average Bonchev–Trinajstić information content (AvgIpc) is 2.81. The summed E-state index contributed by atoms with van der Waals surface area (Å²) in [6, 6.07) is 0. The Morgan fingerprint density at radius 3 is 2.87 bits per heavy atom. The Kier molecular flexibility index (Phi) is 3.97. The molecule has 0 amide bonds. The smallest absolute Gasteiger partial charge is 0.104 e. The minimum absolute atomic E-state index is 0.246. The van der Waals surface area contributed by atoms with Crippen LogP contribution in [0.4, 0.5) is 0 Å². The molecular formula is C11H21NO3. The van der Waals surface area contributed by atoms with Gasteiger partial charge in [0.05, 0.1) is 19.3 Å². The van der Waals surface area contributed by atoms with E-state index in [1.807, 2.05) is 0 Å². The first kappa shape index (κ1) is 11.3. The highest BCUT2D eigenvalue weighted by atomic mass is 16.6. The summed E-state index contributed by atoms with van der Waals surface area (Å²) < 4.78 is 16.9. The first-order chi connectivity index (χ1) is 7.35. The fraction of sp³-hybridized carbons (Fsp3) is 1.00. The van der Waals surface area contributed by atoms with Crippen LogP contribution in [0.2, 0.25) is 0 Å². The molecule has 4 nitrogen and oxygen atoms in total. The van der Waals surface area contributed by atoms with Crippen LogP contribution in [0.25, 0.3) is 0 Å². The van der Waals surface area contributed by atoms with Gasteiger partial charge in [-0.2, -0.15) is 0 Å². The van der Waals surface area contributed by atoms with Crippen LogP contribution in [0.5, 0.6) is 0 Å². The normalized spacial score (nSPS) is 37.0. The molecule has 0 bridgehead atoms. The van der Waals surface area contributed by atoms with E-state index in [0.717, 1.165) is 38.9 Å². The maximum atomic E-state index is 5.93. The fourth-order valence-corrected chi connectivity index (χ4v) is 2.21. The van der Waals surface area contributed by atoms with E-state index in [2.05, 4.69) is 0 Å². The van der Waals surface area contributed by atoms with Gasteiger partial charge in [-0.05, 0) is 25.7 Å². The molecule has 0 aromatic heterocycles. The Morgan fingerprint density at radius 2 is 2.27 bits per heavy atom. The van der Waals surface area contributed by atoms with Gasteiger partial charge >= 0.3 is 0 Å². The van der Waals surface area contributed by atoms with Crippen LogP contribution in [0.15, 0.2) is 0 Å². The molecule has 0 aromatic carbocycles.